The van der Waals surface area contributed by atoms with Crippen LogP contribution in [0, 0.1) is 0 Å². The number of rotatable bonds is 4. The number of nitrogens with one attached hydrogen (secondary N) is 2. The number of imidazole rings is 1. The van der Waals surface area contributed by atoms with Crippen molar-refractivity contribution in [3.63, 3.8) is 0 Å². The zero-order valence-corrected chi connectivity index (χ0v) is 11.6. The average Bonchev–Trinajstić information content (AvgIpc) is 3.22. The molecule has 0 saturated carbocycles. The van der Waals surface area contributed by atoms with E-state index < -0.39 is 0 Å². The fourth-order valence-electron chi connectivity index (χ4n) is 2.31. The molecule has 108 valence electrons. The number of H-pyrrole nitrogens is 1. The van der Waals surface area contributed by atoms with Crippen molar-refractivity contribution in [2.24, 2.45) is 0 Å². The number of para-hydroxylation sites is 2. The lowest BCUT2D eigenvalue weighted by Crippen LogP contribution is -2.08. The van der Waals surface area contributed by atoms with Crippen LogP contribution < -0.4 is 5.32 Å². The molecular formula is C15H13N7. The van der Waals surface area contributed by atoms with Gasteiger partial charge < -0.3 is 10.3 Å². The second-order valence-corrected chi connectivity index (χ2v) is 4.78. The van der Waals surface area contributed by atoms with E-state index in [0.29, 0.717) is 6.54 Å². The highest BCUT2D eigenvalue weighted by Crippen LogP contribution is 2.15. The zero-order valence-electron chi connectivity index (χ0n) is 11.6. The van der Waals surface area contributed by atoms with Crippen molar-refractivity contribution in [3.8, 4) is 5.82 Å². The molecule has 3 heterocycles. The number of benzene rings is 1. The second-order valence-electron chi connectivity index (χ2n) is 4.78. The number of pyridine rings is 1. The van der Waals surface area contributed by atoms with Crippen LogP contribution in [0.5, 0.6) is 0 Å². The summed E-state index contributed by atoms with van der Waals surface area (Å²) in [6, 6.07) is 11.8. The third-order valence-corrected chi connectivity index (χ3v) is 3.34. The van der Waals surface area contributed by atoms with E-state index in [1.807, 2.05) is 36.4 Å². The Hall–Kier alpha value is -3.22. The van der Waals surface area contributed by atoms with Gasteiger partial charge in [-0.3, -0.25) is 0 Å². The van der Waals surface area contributed by atoms with E-state index in [0.717, 1.165) is 28.4 Å². The standard InChI is InChI=1S/C15H13N7/c1-2-6-13-12(5-1)20-15(21-13)18-8-11-4-3-7-17-14(11)22-10-16-9-19-22/h1-7,9-10H,8H2,(H2,18,20,21). The number of nitrogens with zero attached hydrogens (tertiary/aromatic N) is 5. The minimum Gasteiger partial charge on any atom is -0.352 e. The summed E-state index contributed by atoms with van der Waals surface area (Å²) in [6.45, 7) is 0.586. The van der Waals surface area contributed by atoms with Gasteiger partial charge in [0.1, 0.15) is 12.7 Å². The predicted molar refractivity (Wildman–Crippen MR) is 82.6 cm³/mol. The van der Waals surface area contributed by atoms with Crippen molar-refractivity contribution in [1.29, 1.82) is 0 Å². The monoisotopic (exact) mass is 291 g/mol. The molecule has 3 aromatic heterocycles. The first kappa shape index (κ1) is 12.5. The smallest absolute Gasteiger partial charge is 0.201 e. The van der Waals surface area contributed by atoms with Gasteiger partial charge in [-0.15, -0.1) is 0 Å². The molecule has 0 amide bonds. The maximum Gasteiger partial charge on any atom is 0.201 e. The Morgan fingerprint density at radius 1 is 1.14 bits per heavy atom. The molecule has 22 heavy (non-hydrogen) atoms. The maximum atomic E-state index is 4.50. The van der Waals surface area contributed by atoms with Crippen LogP contribution in [0.15, 0.2) is 55.2 Å². The van der Waals surface area contributed by atoms with Crippen molar-refractivity contribution in [2.45, 2.75) is 6.54 Å². The minimum absolute atomic E-state index is 0.586. The molecule has 0 aliphatic rings. The lowest BCUT2D eigenvalue weighted by Gasteiger charge is -2.08. The first-order chi connectivity index (χ1) is 10.9. The van der Waals surface area contributed by atoms with E-state index in [4.69, 9.17) is 0 Å². The van der Waals surface area contributed by atoms with Crippen molar-refractivity contribution in [3.05, 3.63) is 60.8 Å². The van der Waals surface area contributed by atoms with E-state index in [-0.39, 0.29) is 0 Å². The van der Waals surface area contributed by atoms with Crippen LogP contribution in [-0.2, 0) is 6.54 Å². The van der Waals surface area contributed by atoms with E-state index in [1.165, 1.54) is 6.33 Å². The molecule has 0 spiro atoms. The van der Waals surface area contributed by atoms with Gasteiger partial charge in [-0.1, -0.05) is 18.2 Å². The summed E-state index contributed by atoms with van der Waals surface area (Å²) in [7, 11) is 0. The first-order valence-electron chi connectivity index (χ1n) is 6.88. The van der Waals surface area contributed by atoms with Gasteiger partial charge in [0, 0.05) is 18.3 Å². The van der Waals surface area contributed by atoms with E-state index in [1.54, 1.807) is 17.2 Å². The molecule has 7 heteroatoms. The Morgan fingerprint density at radius 2 is 2.09 bits per heavy atom. The predicted octanol–water partition coefficient (Wildman–Crippen LogP) is 2.15. The van der Waals surface area contributed by atoms with Crippen LogP contribution in [0.3, 0.4) is 0 Å². The number of hydrogen-bond acceptors (Lipinski definition) is 5. The average molecular weight is 291 g/mol. The molecule has 0 unspecified atom stereocenters. The third kappa shape index (κ3) is 2.28. The molecule has 4 rings (SSSR count). The molecule has 7 nitrogen and oxygen atoms in total. The van der Waals surface area contributed by atoms with Crippen molar-refractivity contribution in [1.82, 2.24) is 29.7 Å². The quantitative estimate of drug-likeness (QED) is 0.602. The molecule has 1 aromatic carbocycles. The van der Waals surface area contributed by atoms with Crippen molar-refractivity contribution < 1.29 is 0 Å². The highest BCUT2D eigenvalue weighted by atomic mass is 15.3. The van der Waals surface area contributed by atoms with Crippen LogP contribution in [0.4, 0.5) is 5.95 Å². The van der Waals surface area contributed by atoms with Crippen molar-refractivity contribution >= 4 is 17.0 Å². The molecule has 0 bridgehead atoms. The van der Waals surface area contributed by atoms with Gasteiger partial charge in [-0.25, -0.2) is 19.6 Å². The van der Waals surface area contributed by atoms with Gasteiger partial charge >= 0.3 is 0 Å². The second kappa shape index (κ2) is 5.28. The van der Waals surface area contributed by atoms with Crippen LogP contribution in [-0.4, -0.2) is 29.7 Å². The van der Waals surface area contributed by atoms with Gasteiger partial charge in [0.2, 0.25) is 5.95 Å². The Labute approximate surface area is 126 Å². The van der Waals surface area contributed by atoms with Gasteiger partial charge in [0.05, 0.1) is 11.0 Å². The van der Waals surface area contributed by atoms with Gasteiger partial charge in [0.15, 0.2) is 5.82 Å². The molecule has 4 aromatic rings. The fourth-order valence-corrected chi connectivity index (χ4v) is 2.31. The van der Waals surface area contributed by atoms with Gasteiger partial charge in [-0.05, 0) is 18.2 Å². The Balaban J connectivity index is 1.59. The Morgan fingerprint density at radius 3 is 2.95 bits per heavy atom. The SMILES string of the molecule is c1cnc(-n2cncn2)c(CNc2nc3ccccc3[nH]2)c1. The number of anilines is 1. The highest BCUT2D eigenvalue weighted by Gasteiger charge is 2.07. The number of aromatic nitrogens is 6. The lowest BCUT2D eigenvalue weighted by atomic mass is 10.2. The molecule has 0 radical (unpaired) electrons. The number of hydrogen-bond donors (Lipinski definition) is 2. The Kier molecular flexibility index (Phi) is 3.01. The van der Waals surface area contributed by atoms with Crippen molar-refractivity contribution in [2.75, 3.05) is 5.32 Å². The summed E-state index contributed by atoms with van der Waals surface area (Å²) in [6.07, 6.45) is 4.86. The molecular weight excluding hydrogens is 278 g/mol. The minimum atomic E-state index is 0.586. The summed E-state index contributed by atoms with van der Waals surface area (Å²) < 4.78 is 1.65. The summed E-state index contributed by atoms with van der Waals surface area (Å²) in [5, 5.41) is 7.41. The summed E-state index contributed by atoms with van der Waals surface area (Å²) >= 11 is 0. The molecule has 0 aliphatic carbocycles. The molecule has 0 saturated heterocycles. The summed E-state index contributed by atoms with van der Waals surface area (Å²) in [4.78, 5) is 16.1. The molecule has 2 N–H and O–H groups in total. The molecule has 0 atom stereocenters. The van der Waals surface area contributed by atoms with Crippen LogP contribution in [0.25, 0.3) is 16.9 Å². The topological polar surface area (TPSA) is 84.3 Å². The van der Waals surface area contributed by atoms with Gasteiger partial charge in [0.25, 0.3) is 0 Å². The normalized spacial score (nSPS) is 10.9. The third-order valence-electron chi connectivity index (χ3n) is 3.34. The first-order valence-corrected chi connectivity index (χ1v) is 6.88. The zero-order chi connectivity index (χ0) is 14.8. The fraction of sp³-hybridized carbons (Fsp3) is 0.0667. The van der Waals surface area contributed by atoms with Crippen LogP contribution in [0.2, 0.25) is 0 Å². The largest absolute Gasteiger partial charge is 0.352 e. The van der Waals surface area contributed by atoms with E-state index in [2.05, 4.69) is 30.4 Å². The van der Waals surface area contributed by atoms with Crippen LogP contribution in [0.1, 0.15) is 5.56 Å². The lowest BCUT2D eigenvalue weighted by molar-refractivity contribution is 0.826. The molecule has 0 fully saturated rings. The van der Waals surface area contributed by atoms with E-state index >= 15 is 0 Å². The maximum absolute atomic E-state index is 4.50. The van der Waals surface area contributed by atoms with Gasteiger partial charge in [-0.2, -0.15) is 5.10 Å². The number of fused-ring (bicyclic) bond motifs is 1. The summed E-state index contributed by atoms with van der Waals surface area (Å²) in [5.74, 6) is 1.48. The van der Waals surface area contributed by atoms with E-state index in [9.17, 15) is 0 Å². The summed E-state index contributed by atoms with van der Waals surface area (Å²) in [5.41, 5.74) is 2.95. The Bertz CT molecular complexity index is 862. The van der Waals surface area contributed by atoms with Crippen LogP contribution >= 0.6 is 0 Å². The highest BCUT2D eigenvalue weighted by molar-refractivity contribution is 5.77. The molecule has 0 aliphatic heterocycles. The number of aromatic amines is 1.